The van der Waals surface area contributed by atoms with Crippen LogP contribution in [0.25, 0.3) is 44.3 Å². The molecule has 1 atom stereocenters. The van der Waals surface area contributed by atoms with Crippen LogP contribution in [-0.2, 0) is 28.7 Å². The molecular weight excluding hydrogens is 708 g/mol. The second-order valence-corrected chi connectivity index (χ2v) is 22.3. The van der Waals surface area contributed by atoms with Gasteiger partial charge >= 0.3 is 5.97 Å². The van der Waals surface area contributed by atoms with E-state index in [1.165, 1.54) is 21.7 Å². The van der Waals surface area contributed by atoms with Crippen molar-refractivity contribution in [1.82, 2.24) is 19.8 Å². The van der Waals surface area contributed by atoms with Gasteiger partial charge in [-0.1, -0.05) is 62.7 Å². The quantitative estimate of drug-likeness (QED) is 0.141. The fraction of sp³-hybridized carbons (Fsp3) is 0.439. The van der Waals surface area contributed by atoms with E-state index < -0.39 is 14.3 Å². The van der Waals surface area contributed by atoms with Crippen LogP contribution in [0.4, 0.5) is 0 Å². The number of nitrogens with zero attached hydrogens (tertiary/aromatic N) is 4. The van der Waals surface area contributed by atoms with Gasteiger partial charge in [0.25, 0.3) is 0 Å². The summed E-state index contributed by atoms with van der Waals surface area (Å²) in [5, 5.41) is 11.2. The van der Waals surface area contributed by atoms with E-state index in [2.05, 4.69) is 87.8 Å². The van der Waals surface area contributed by atoms with Gasteiger partial charge in [0.1, 0.15) is 10.5 Å². The minimum absolute atomic E-state index is 0.218. The zero-order valence-electron chi connectivity index (χ0n) is 31.3. The number of aromatic nitrogens is 2. The Balaban J connectivity index is 1.10. The Bertz CT molecular complexity index is 2140. The van der Waals surface area contributed by atoms with Crippen LogP contribution >= 0.6 is 22.9 Å². The van der Waals surface area contributed by atoms with Crippen LogP contribution in [0.15, 0.2) is 52.9 Å². The zero-order chi connectivity index (χ0) is 36.9. The number of hydrogen-bond donors (Lipinski definition) is 1. The number of hydrogen-bond acceptors (Lipinski definition) is 8. The molecule has 5 aromatic rings. The van der Waals surface area contributed by atoms with Gasteiger partial charge in [0.05, 0.1) is 16.6 Å². The summed E-state index contributed by atoms with van der Waals surface area (Å²) >= 11 is 8.55. The van der Waals surface area contributed by atoms with E-state index in [1.54, 1.807) is 0 Å². The molecule has 1 unspecified atom stereocenters. The molecule has 0 bridgehead atoms. The molecule has 2 aliphatic heterocycles. The Kier molecular flexibility index (Phi) is 10.3. The van der Waals surface area contributed by atoms with Gasteiger partial charge in [-0.3, -0.25) is 14.6 Å². The smallest absolute Gasteiger partial charge is 0.307 e. The lowest BCUT2D eigenvalue weighted by atomic mass is 9.91. The predicted molar refractivity (Wildman–Crippen MR) is 214 cm³/mol. The first kappa shape index (κ1) is 37.0. The zero-order valence-corrected chi connectivity index (χ0v) is 33.9. The van der Waals surface area contributed by atoms with E-state index in [4.69, 9.17) is 30.4 Å². The van der Waals surface area contributed by atoms with Gasteiger partial charge in [-0.15, -0.1) is 11.3 Å². The van der Waals surface area contributed by atoms with Crippen LogP contribution in [0.2, 0.25) is 23.2 Å². The average molecular weight is 757 g/mol. The lowest BCUT2D eigenvalue weighted by Crippen LogP contribution is -2.43. The van der Waals surface area contributed by atoms with Crippen LogP contribution in [0.1, 0.15) is 54.5 Å². The molecule has 4 heterocycles. The Morgan fingerprint density at radius 3 is 2.40 bits per heavy atom. The summed E-state index contributed by atoms with van der Waals surface area (Å²) in [7, 11) is -1.76. The number of thiazole rings is 1. The van der Waals surface area contributed by atoms with Crippen LogP contribution in [0.3, 0.4) is 0 Å². The van der Waals surface area contributed by atoms with E-state index in [1.807, 2.05) is 29.5 Å². The lowest BCUT2D eigenvalue weighted by molar-refractivity contribution is -0.141. The first-order valence-corrected chi connectivity index (χ1v) is 22.4. The van der Waals surface area contributed by atoms with Crippen LogP contribution in [0, 0.1) is 19.8 Å². The van der Waals surface area contributed by atoms with Gasteiger partial charge in [-0.2, -0.15) is 0 Å². The van der Waals surface area contributed by atoms with Crippen molar-refractivity contribution in [3.05, 3.63) is 80.8 Å². The van der Waals surface area contributed by atoms with Crippen LogP contribution in [0.5, 0.6) is 0 Å². The average Bonchev–Trinajstić information content (AvgIpc) is 3.83. The van der Waals surface area contributed by atoms with E-state index in [0.717, 1.165) is 72.0 Å². The number of halogens is 1. The van der Waals surface area contributed by atoms with Gasteiger partial charge in [-0.05, 0) is 91.0 Å². The molecule has 0 amide bonds. The topological polar surface area (TPSA) is 91.9 Å². The van der Waals surface area contributed by atoms with Gasteiger partial charge in [0.2, 0.25) is 5.89 Å². The molecule has 1 fully saturated rings. The third-order valence-electron chi connectivity index (χ3n) is 11.4. The highest BCUT2D eigenvalue weighted by Gasteiger charge is 2.37. The Morgan fingerprint density at radius 2 is 1.71 bits per heavy atom. The molecule has 274 valence electrons. The van der Waals surface area contributed by atoms with Crippen molar-refractivity contribution < 1.29 is 18.7 Å². The molecule has 0 saturated carbocycles. The van der Waals surface area contributed by atoms with E-state index in [-0.39, 0.29) is 11.0 Å². The third kappa shape index (κ3) is 7.38. The summed E-state index contributed by atoms with van der Waals surface area (Å²) in [5.74, 6) is -0.524. The minimum Gasteiger partial charge on any atom is -0.481 e. The summed E-state index contributed by atoms with van der Waals surface area (Å²) in [6.45, 7) is 21.4. The third-order valence-corrected chi connectivity index (χ3v) is 17.4. The number of aliphatic carboxylic acids is 1. The van der Waals surface area contributed by atoms with Crippen molar-refractivity contribution in [2.24, 2.45) is 5.92 Å². The molecule has 8 nitrogen and oxygen atoms in total. The SMILES string of the molecule is Cc1c(-c2nc3cc(CN4CCC(C(=O)O)C4)cc(Cl)c3o2)cccc1-c1cccc(-c2nc3c(s2)CN(CCO[Si](C)(C)C(C)(C)C)CC3)c1C. The van der Waals surface area contributed by atoms with E-state index in [0.29, 0.717) is 41.5 Å². The highest BCUT2D eigenvalue weighted by atomic mass is 35.5. The summed E-state index contributed by atoms with van der Waals surface area (Å²) in [5.41, 5.74) is 10.1. The molecule has 1 N–H and O–H groups in total. The highest BCUT2D eigenvalue weighted by molar-refractivity contribution is 7.15. The van der Waals surface area contributed by atoms with Crippen molar-refractivity contribution in [2.45, 2.75) is 78.7 Å². The van der Waals surface area contributed by atoms with Gasteiger partial charge in [0, 0.05) is 61.8 Å². The van der Waals surface area contributed by atoms with Crippen LogP contribution < -0.4 is 0 Å². The Labute approximate surface area is 316 Å². The summed E-state index contributed by atoms with van der Waals surface area (Å²) in [6, 6.07) is 16.7. The fourth-order valence-corrected chi connectivity index (χ4v) is 9.75. The summed E-state index contributed by atoms with van der Waals surface area (Å²) < 4.78 is 12.8. The molecule has 0 spiro atoms. The maximum Gasteiger partial charge on any atom is 0.307 e. The molecule has 3 aromatic carbocycles. The van der Waals surface area contributed by atoms with Gasteiger partial charge in [-0.25, -0.2) is 9.97 Å². The van der Waals surface area contributed by atoms with Gasteiger partial charge in [0.15, 0.2) is 13.9 Å². The second-order valence-electron chi connectivity index (χ2n) is 16.0. The van der Waals surface area contributed by atoms with Crippen molar-refractivity contribution in [3.63, 3.8) is 0 Å². The summed E-state index contributed by atoms with van der Waals surface area (Å²) in [6.07, 6.45) is 1.63. The molecular formula is C41H49ClN4O4SSi. The number of oxazole rings is 1. The largest absolute Gasteiger partial charge is 0.481 e. The van der Waals surface area contributed by atoms with Crippen molar-refractivity contribution in [3.8, 4) is 33.2 Å². The molecule has 2 aliphatic rings. The monoisotopic (exact) mass is 756 g/mol. The molecule has 0 radical (unpaired) electrons. The highest BCUT2D eigenvalue weighted by Crippen LogP contribution is 2.41. The number of likely N-dealkylation sites (tertiary alicyclic amines) is 1. The van der Waals surface area contributed by atoms with Crippen molar-refractivity contribution in [2.75, 3.05) is 32.8 Å². The van der Waals surface area contributed by atoms with Crippen LogP contribution in [-0.4, -0.2) is 71.9 Å². The number of carbonyl (C=O) groups is 1. The molecule has 1 saturated heterocycles. The fourth-order valence-electron chi connectivity index (χ4n) is 7.21. The first-order valence-electron chi connectivity index (χ1n) is 18.3. The van der Waals surface area contributed by atoms with E-state index in [9.17, 15) is 9.90 Å². The second kappa shape index (κ2) is 14.5. The normalized spacial score (nSPS) is 17.3. The van der Waals surface area contributed by atoms with Crippen molar-refractivity contribution >= 4 is 48.3 Å². The van der Waals surface area contributed by atoms with Gasteiger partial charge < -0.3 is 13.9 Å². The number of benzene rings is 3. The number of carboxylic acid groups (broad SMARTS) is 1. The standard InChI is InChI=1S/C41H49ClN4O4SSi/c1-25-29(10-8-12-31(25)38-43-35-21-27(20-33(42)37(35)50-38)22-46-16-14-28(23-46)40(47)48)30-11-9-13-32(26(30)2)39-44-34-15-17-45(24-36(34)51-39)18-19-49-52(6,7)41(3,4)5/h8-13,20-21,28H,14-19,22-24H2,1-7H3,(H,47,48). The summed E-state index contributed by atoms with van der Waals surface area (Å²) in [4.78, 5) is 27.6. The lowest BCUT2D eigenvalue weighted by Gasteiger charge is -2.37. The number of carboxylic acids is 1. The molecule has 7 rings (SSSR count). The maximum atomic E-state index is 11.4. The van der Waals surface area contributed by atoms with E-state index >= 15 is 0 Å². The molecule has 2 aromatic heterocycles. The molecule has 0 aliphatic carbocycles. The van der Waals surface area contributed by atoms with Crippen molar-refractivity contribution in [1.29, 1.82) is 0 Å². The minimum atomic E-state index is -1.76. The molecule has 52 heavy (non-hydrogen) atoms. The number of fused-ring (bicyclic) bond motifs is 2. The number of rotatable bonds is 10. The molecule has 11 heteroatoms. The Morgan fingerprint density at radius 1 is 1.02 bits per heavy atom. The predicted octanol–water partition coefficient (Wildman–Crippen LogP) is 9.84. The first-order chi connectivity index (χ1) is 24.7. The maximum absolute atomic E-state index is 11.4. The Hall–Kier alpha value is -3.38.